The Bertz CT molecular complexity index is 470. The summed E-state index contributed by atoms with van der Waals surface area (Å²) >= 11 is 2.19. The van der Waals surface area contributed by atoms with E-state index in [9.17, 15) is 8.42 Å². The summed E-state index contributed by atoms with van der Waals surface area (Å²) in [5.41, 5.74) is 0.916. The molecule has 1 aliphatic rings. The molecule has 0 spiro atoms. The maximum Gasteiger partial charge on any atom is 0.243 e. The molecular weight excluding hydrogens is 313 g/mol. The second kappa shape index (κ2) is 3.46. The molecule has 3 nitrogen and oxygen atoms in total. The van der Waals surface area contributed by atoms with E-state index in [1.54, 1.807) is 6.07 Å². The van der Waals surface area contributed by atoms with E-state index in [-0.39, 0.29) is 0 Å². The molecule has 0 radical (unpaired) electrons. The predicted octanol–water partition coefficient (Wildman–Crippen LogP) is 1.82. The van der Waals surface area contributed by atoms with Gasteiger partial charge in [-0.3, -0.25) is 0 Å². The van der Waals surface area contributed by atoms with Crippen molar-refractivity contribution in [2.24, 2.45) is 0 Å². The highest BCUT2D eigenvalue weighted by Gasteiger charge is 2.32. The van der Waals surface area contributed by atoms with Gasteiger partial charge in [0.25, 0.3) is 0 Å². The lowest BCUT2D eigenvalue weighted by atomic mass is 10.2. The molecular formula is C9H10INO2S. The van der Waals surface area contributed by atoms with Gasteiger partial charge in [0.2, 0.25) is 10.0 Å². The molecule has 76 valence electrons. The van der Waals surface area contributed by atoms with Crippen LogP contribution in [-0.2, 0) is 16.6 Å². The Morgan fingerprint density at radius 3 is 2.86 bits per heavy atom. The Balaban J connectivity index is 2.60. The highest BCUT2D eigenvalue weighted by molar-refractivity contribution is 14.1. The molecule has 1 aromatic carbocycles. The molecule has 5 heteroatoms. The average Bonchev–Trinajstić information content (AvgIpc) is 2.37. The molecule has 0 saturated carbocycles. The van der Waals surface area contributed by atoms with Crippen LogP contribution >= 0.6 is 22.6 Å². The van der Waals surface area contributed by atoms with E-state index in [1.807, 2.05) is 19.1 Å². The van der Waals surface area contributed by atoms with E-state index in [0.717, 1.165) is 9.13 Å². The van der Waals surface area contributed by atoms with E-state index in [0.29, 0.717) is 18.0 Å². The Labute approximate surface area is 97.3 Å². The van der Waals surface area contributed by atoms with Gasteiger partial charge in [-0.25, -0.2) is 8.42 Å². The van der Waals surface area contributed by atoms with Crippen LogP contribution in [0, 0.1) is 3.57 Å². The molecule has 0 aliphatic carbocycles. The number of hydrogen-bond donors (Lipinski definition) is 0. The monoisotopic (exact) mass is 323 g/mol. The lowest BCUT2D eigenvalue weighted by molar-refractivity contribution is 0.443. The first kappa shape index (κ1) is 10.4. The van der Waals surface area contributed by atoms with Gasteiger partial charge in [-0.15, -0.1) is 0 Å². The summed E-state index contributed by atoms with van der Waals surface area (Å²) in [6.45, 7) is 2.91. The summed E-state index contributed by atoms with van der Waals surface area (Å²) in [6.07, 6.45) is 0. The van der Waals surface area contributed by atoms with Crippen LogP contribution in [0.15, 0.2) is 23.1 Å². The van der Waals surface area contributed by atoms with Crippen molar-refractivity contribution in [3.8, 4) is 0 Å². The minimum Gasteiger partial charge on any atom is -0.207 e. The van der Waals surface area contributed by atoms with Gasteiger partial charge in [0.15, 0.2) is 0 Å². The summed E-state index contributed by atoms with van der Waals surface area (Å²) in [4.78, 5) is 0.472. The van der Waals surface area contributed by atoms with Crippen molar-refractivity contribution < 1.29 is 8.42 Å². The molecule has 0 amide bonds. The number of sulfonamides is 1. The highest BCUT2D eigenvalue weighted by atomic mass is 127. The Morgan fingerprint density at radius 2 is 2.21 bits per heavy atom. The lowest BCUT2D eigenvalue weighted by Gasteiger charge is -2.09. The fourth-order valence-electron chi connectivity index (χ4n) is 1.62. The first-order chi connectivity index (χ1) is 6.55. The molecule has 0 atom stereocenters. The zero-order valence-corrected chi connectivity index (χ0v) is 10.7. The summed E-state index contributed by atoms with van der Waals surface area (Å²) in [6, 6.07) is 5.46. The van der Waals surface area contributed by atoms with Crippen LogP contribution in [0.25, 0.3) is 0 Å². The first-order valence-electron chi connectivity index (χ1n) is 4.34. The molecule has 0 aromatic heterocycles. The van der Waals surface area contributed by atoms with Gasteiger partial charge in [-0.1, -0.05) is 6.92 Å². The summed E-state index contributed by atoms with van der Waals surface area (Å²) in [7, 11) is -3.18. The van der Waals surface area contributed by atoms with Crippen molar-refractivity contribution in [2.45, 2.75) is 18.4 Å². The number of rotatable bonds is 1. The van der Waals surface area contributed by atoms with Gasteiger partial charge in [-0.2, -0.15) is 4.31 Å². The van der Waals surface area contributed by atoms with Crippen molar-refractivity contribution in [1.29, 1.82) is 0 Å². The van der Waals surface area contributed by atoms with E-state index >= 15 is 0 Å². The molecule has 14 heavy (non-hydrogen) atoms. The van der Waals surface area contributed by atoms with Gasteiger partial charge in [-0.05, 0) is 46.4 Å². The number of hydrogen-bond acceptors (Lipinski definition) is 2. The summed E-state index contributed by atoms with van der Waals surface area (Å²) in [5.74, 6) is 0. The predicted molar refractivity (Wildman–Crippen MR) is 62.4 cm³/mol. The maximum atomic E-state index is 11.9. The third-order valence-corrected chi connectivity index (χ3v) is 5.03. The SMILES string of the molecule is CCN1Cc2cc(I)ccc2S1(=O)=O. The largest absolute Gasteiger partial charge is 0.243 e. The number of benzene rings is 1. The van der Waals surface area contributed by atoms with Crippen molar-refractivity contribution in [3.63, 3.8) is 0 Å². The molecule has 0 saturated heterocycles. The minimum absolute atomic E-state index is 0.472. The van der Waals surface area contributed by atoms with E-state index < -0.39 is 10.0 Å². The first-order valence-corrected chi connectivity index (χ1v) is 6.86. The van der Waals surface area contributed by atoms with Crippen LogP contribution < -0.4 is 0 Å². The van der Waals surface area contributed by atoms with Gasteiger partial charge in [0.05, 0.1) is 4.90 Å². The molecule has 0 bridgehead atoms. The van der Waals surface area contributed by atoms with Crippen molar-refractivity contribution in [2.75, 3.05) is 6.54 Å². The number of fused-ring (bicyclic) bond motifs is 1. The second-order valence-corrected chi connectivity index (χ2v) is 6.34. The van der Waals surface area contributed by atoms with Gasteiger partial charge >= 0.3 is 0 Å². The third kappa shape index (κ3) is 1.47. The van der Waals surface area contributed by atoms with Crippen molar-refractivity contribution >= 4 is 32.6 Å². The standard InChI is InChI=1S/C9H10INO2S/c1-2-11-6-7-5-8(10)3-4-9(7)14(11,12)13/h3-5H,2,6H2,1H3. The Morgan fingerprint density at radius 1 is 1.50 bits per heavy atom. The fourth-order valence-corrected chi connectivity index (χ4v) is 3.80. The smallest absolute Gasteiger partial charge is 0.207 e. The summed E-state index contributed by atoms with van der Waals surface area (Å²) < 4.78 is 26.3. The van der Waals surface area contributed by atoms with Crippen molar-refractivity contribution in [1.82, 2.24) is 4.31 Å². The third-order valence-electron chi connectivity index (χ3n) is 2.34. The normalized spacial score (nSPS) is 19.6. The number of nitrogens with zero attached hydrogens (tertiary/aromatic N) is 1. The zero-order valence-electron chi connectivity index (χ0n) is 7.70. The van der Waals surface area contributed by atoms with E-state index in [2.05, 4.69) is 22.6 Å². The van der Waals surface area contributed by atoms with E-state index in [1.165, 1.54) is 4.31 Å². The topological polar surface area (TPSA) is 37.4 Å². The van der Waals surface area contributed by atoms with Gasteiger partial charge in [0, 0.05) is 16.7 Å². The van der Waals surface area contributed by atoms with E-state index in [4.69, 9.17) is 0 Å². The quantitative estimate of drug-likeness (QED) is 0.740. The second-order valence-electron chi connectivity index (χ2n) is 3.18. The fraction of sp³-hybridized carbons (Fsp3) is 0.333. The zero-order chi connectivity index (χ0) is 10.3. The van der Waals surface area contributed by atoms with Crippen LogP contribution in [-0.4, -0.2) is 19.3 Å². The molecule has 0 fully saturated rings. The Hall–Kier alpha value is -0.140. The van der Waals surface area contributed by atoms with Crippen LogP contribution in [0.2, 0.25) is 0 Å². The molecule has 0 N–H and O–H groups in total. The molecule has 2 rings (SSSR count). The van der Waals surface area contributed by atoms with Gasteiger partial charge in [0.1, 0.15) is 0 Å². The van der Waals surface area contributed by atoms with Crippen molar-refractivity contribution in [3.05, 3.63) is 27.3 Å². The van der Waals surface area contributed by atoms with Crippen LogP contribution in [0.5, 0.6) is 0 Å². The molecule has 1 aromatic rings. The van der Waals surface area contributed by atoms with Crippen LogP contribution in [0.3, 0.4) is 0 Å². The highest BCUT2D eigenvalue weighted by Crippen LogP contribution is 2.30. The maximum absolute atomic E-state index is 11.9. The average molecular weight is 323 g/mol. The lowest BCUT2D eigenvalue weighted by Crippen LogP contribution is -2.23. The van der Waals surface area contributed by atoms with Crippen LogP contribution in [0.4, 0.5) is 0 Å². The summed E-state index contributed by atoms with van der Waals surface area (Å²) in [5, 5.41) is 0. The molecule has 1 aliphatic heterocycles. The van der Waals surface area contributed by atoms with Crippen LogP contribution in [0.1, 0.15) is 12.5 Å². The van der Waals surface area contributed by atoms with Gasteiger partial charge < -0.3 is 0 Å². The number of halogens is 1. The molecule has 1 heterocycles. The molecule has 0 unspecified atom stereocenters. The Kier molecular flexibility index (Phi) is 2.57. The minimum atomic E-state index is -3.18.